The smallest absolute Gasteiger partial charge is 0.0863 e. The fourth-order valence-corrected chi connectivity index (χ4v) is 1.37. The number of rotatable bonds is 4. The maximum atomic E-state index is 8.05. The summed E-state index contributed by atoms with van der Waals surface area (Å²) < 4.78 is 0. The van der Waals surface area contributed by atoms with Gasteiger partial charge in [0.15, 0.2) is 0 Å². The Hall–Kier alpha value is -1.70. The van der Waals surface area contributed by atoms with Gasteiger partial charge in [-0.05, 0) is 19.4 Å². The molecule has 2 nitrogen and oxygen atoms in total. The third-order valence-corrected chi connectivity index (χ3v) is 2.35. The highest BCUT2D eigenvalue weighted by molar-refractivity contribution is 6.50. The highest BCUT2D eigenvalue weighted by atomic mass is 14.7. The molecule has 2 heteroatoms. The maximum Gasteiger partial charge on any atom is 0.0863 e. The van der Waals surface area contributed by atoms with Crippen LogP contribution in [-0.2, 0) is 0 Å². The van der Waals surface area contributed by atoms with Crippen molar-refractivity contribution in [2.45, 2.75) is 20.3 Å². The van der Waals surface area contributed by atoms with E-state index in [9.17, 15) is 0 Å². The van der Waals surface area contributed by atoms with Crippen LogP contribution in [-0.4, -0.2) is 18.5 Å². The largest absolute Gasteiger partial charge is 0.298 e. The predicted octanol–water partition coefficient (Wildman–Crippen LogP) is 3.40. The first-order chi connectivity index (χ1) is 7.69. The van der Waals surface area contributed by atoms with Crippen molar-refractivity contribution in [1.29, 1.82) is 5.41 Å². The summed E-state index contributed by atoms with van der Waals surface area (Å²) in [6, 6.07) is 7.95. The first-order valence-electron chi connectivity index (χ1n) is 5.48. The van der Waals surface area contributed by atoms with E-state index in [1.165, 1.54) is 5.56 Å². The van der Waals surface area contributed by atoms with Crippen LogP contribution >= 0.6 is 0 Å². The van der Waals surface area contributed by atoms with Crippen LogP contribution in [0.5, 0.6) is 0 Å². The molecule has 0 heterocycles. The van der Waals surface area contributed by atoms with Crippen LogP contribution in [0.1, 0.15) is 24.5 Å². The second-order valence-electron chi connectivity index (χ2n) is 3.66. The molecule has 0 saturated carbocycles. The van der Waals surface area contributed by atoms with Crippen molar-refractivity contribution in [3.63, 3.8) is 0 Å². The van der Waals surface area contributed by atoms with Crippen molar-refractivity contribution in [2.24, 2.45) is 4.99 Å². The van der Waals surface area contributed by atoms with Gasteiger partial charge in [-0.15, -0.1) is 0 Å². The summed E-state index contributed by atoms with van der Waals surface area (Å²) in [6.45, 7) is 4.11. The minimum atomic E-state index is 0.479. The van der Waals surface area contributed by atoms with Crippen molar-refractivity contribution in [2.75, 3.05) is 7.05 Å². The van der Waals surface area contributed by atoms with Gasteiger partial charge in [-0.25, -0.2) is 0 Å². The van der Waals surface area contributed by atoms with E-state index in [1.54, 1.807) is 7.05 Å². The molecular formula is C14H18N2. The lowest BCUT2D eigenvalue weighted by Crippen LogP contribution is -2.11. The molecule has 0 saturated heterocycles. The molecule has 16 heavy (non-hydrogen) atoms. The fraction of sp³-hybridized carbons (Fsp3) is 0.286. The molecule has 0 aliphatic carbocycles. The zero-order valence-corrected chi connectivity index (χ0v) is 10.1. The number of hydrogen-bond acceptors (Lipinski definition) is 2. The molecule has 0 atom stereocenters. The second kappa shape index (κ2) is 6.01. The van der Waals surface area contributed by atoms with E-state index < -0.39 is 0 Å². The lowest BCUT2D eigenvalue weighted by atomic mass is 10.0. The van der Waals surface area contributed by atoms with Crippen LogP contribution in [0.4, 0.5) is 0 Å². The molecule has 1 N–H and O–H groups in total. The third-order valence-electron chi connectivity index (χ3n) is 2.35. The van der Waals surface area contributed by atoms with E-state index in [2.05, 4.69) is 11.9 Å². The Morgan fingerprint density at radius 1 is 1.31 bits per heavy atom. The molecule has 1 aromatic carbocycles. The molecule has 0 radical (unpaired) electrons. The summed E-state index contributed by atoms with van der Waals surface area (Å²) in [6.07, 6.45) is 4.88. The average molecular weight is 214 g/mol. The maximum absolute atomic E-state index is 8.05. The predicted molar refractivity (Wildman–Crippen MR) is 70.8 cm³/mol. The number of nitrogens with one attached hydrogen (secondary N) is 1. The van der Waals surface area contributed by atoms with Crippen LogP contribution in [0, 0.1) is 12.3 Å². The molecule has 84 valence electrons. The lowest BCUT2D eigenvalue weighted by Gasteiger charge is -2.04. The number of allylic oxidation sites excluding steroid dienone is 2. The van der Waals surface area contributed by atoms with Crippen molar-refractivity contribution in [3.8, 4) is 0 Å². The molecule has 0 amide bonds. The van der Waals surface area contributed by atoms with Gasteiger partial charge in [0.1, 0.15) is 0 Å². The summed E-state index contributed by atoms with van der Waals surface area (Å²) in [5, 5.41) is 8.05. The van der Waals surface area contributed by atoms with Gasteiger partial charge in [0.2, 0.25) is 0 Å². The first kappa shape index (κ1) is 12.4. The Morgan fingerprint density at radius 2 is 1.94 bits per heavy atom. The number of benzene rings is 1. The van der Waals surface area contributed by atoms with E-state index in [0.717, 1.165) is 17.7 Å². The van der Waals surface area contributed by atoms with E-state index in [1.807, 2.05) is 43.3 Å². The summed E-state index contributed by atoms with van der Waals surface area (Å²) in [4.78, 5) is 4.13. The first-order valence-corrected chi connectivity index (χ1v) is 5.48. The Bertz CT molecular complexity index is 411. The normalized spacial score (nSPS) is 12.1. The minimum Gasteiger partial charge on any atom is -0.298 e. The van der Waals surface area contributed by atoms with E-state index in [-0.39, 0.29) is 0 Å². The zero-order valence-electron chi connectivity index (χ0n) is 10.1. The van der Waals surface area contributed by atoms with Gasteiger partial charge < -0.3 is 0 Å². The van der Waals surface area contributed by atoms with E-state index in [4.69, 9.17) is 5.41 Å². The highest BCUT2D eigenvalue weighted by Crippen LogP contribution is 2.05. The summed E-state index contributed by atoms with van der Waals surface area (Å²) in [5.41, 5.74) is 3.32. The average Bonchev–Trinajstić information content (AvgIpc) is 2.30. The summed E-state index contributed by atoms with van der Waals surface area (Å²) in [7, 11) is 1.72. The quantitative estimate of drug-likeness (QED) is 0.746. The Labute approximate surface area is 97.2 Å². The van der Waals surface area contributed by atoms with Crippen LogP contribution < -0.4 is 0 Å². The van der Waals surface area contributed by atoms with Crippen molar-refractivity contribution >= 4 is 11.4 Å². The topological polar surface area (TPSA) is 36.2 Å². The third kappa shape index (κ3) is 3.16. The van der Waals surface area contributed by atoms with E-state index >= 15 is 0 Å². The summed E-state index contributed by atoms with van der Waals surface area (Å²) >= 11 is 0. The monoisotopic (exact) mass is 214 g/mol. The van der Waals surface area contributed by atoms with Gasteiger partial charge in [-0.2, -0.15) is 0 Å². The van der Waals surface area contributed by atoms with Gasteiger partial charge >= 0.3 is 0 Å². The van der Waals surface area contributed by atoms with Gasteiger partial charge in [-0.3, -0.25) is 10.4 Å². The number of aliphatic imine (C=N–C) groups is 1. The van der Waals surface area contributed by atoms with Crippen LogP contribution in [0.25, 0.3) is 0 Å². The molecule has 1 rings (SSSR count). The fourth-order valence-electron chi connectivity index (χ4n) is 1.37. The van der Waals surface area contributed by atoms with Crippen molar-refractivity contribution in [3.05, 3.63) is 47.5 Å². The zero-order chi connectivity index (χ0) is 12.0. The number of aryl methyl sites for hydroxylation is 1. The van der Waals surface area contributed by atoms with Gasteiger partial charge in [-0.1, -0.05) is 42.8 Å². The molecule has 0 unspecified atom stereocenters. The highest BCUT2D eigenvalue weighted by Gasteiger charge is 2.05. The molecule has 0 aliphatic heterocycles. The number of nitrogens with zero attached hydrogens (tertiary/aromatic N) is 1. The molecule has 0 bridgehead atoms. The van der Waals surface area contributed by atoms with Crippen LogP contribution in [0.3, 0.4) is 0 Å². The second-order valence-corrected chi connectivity index (χ2v) is 3.66. The summed E-state index contributed by atoms with van der Waals surface area (Å²) in [5.74, 6) is 0. The minimum absolute atomic E-state index is 0.479. The lowest BCUT2D eigenvalue weighted by molar-refractivity contribution is 1.23. The Morgan fingerprint density at radius 3 is 2.44 bits per heavy atom. The Kier molecular flexibility index (Phi) is 4.65. The molecular weight excluding hydrogens is 196 g/mol. The number of hydrogen-bond donors (Lipinski definition) is 1. The van der Waals surface area contributed by atoms with Gasteiger partial charge in [0.05, 0.1) is 11.4 Å². The molecule has 0 aromatic heterocycles. The molecule has 0 aliphatic rings. The molecule has 0 spiro atoms. The van der Waals surface area contributed by atoms with Crippen molar-refractivity contribution < 1.29 is 0 Å². The van der Waals surface area contributed by atoms with Crippen molar-refractivity contribution in [1.82, 2.24) is 0 Å². The Balaban J connectivity index is 2.92. The molecule has 0 fully saturated rings. The molecule has 1 aromatic rings. The van der Waals surface area contributed by atoms with Gasteiger partial charge in [0, 0.05) is 12.6 Å². The van der Waals surface area contributed by atoms with Gasteiger partial charge in [0.25, 0.3) is 0 Å². The SMILES string of the molecule is CC/C=C\C(=NC)C(=N)c1ccc(C)cc1. The van der Waals surface area contributed by atoms with Crippen LogP contribution in [0.2, 0.25) is 0 Å². The standard InChI is InChI=1S/C14H18N2/c1-4-5-6-13(16-3)14(15)12-9-7-11(2)8-10-12/h5-10,15H,4H2,1-3H3/b6-5-,15-14?,16-13?. The van der Waals surface area contributed by atoms with Crippen LogP contribution in [0.15, 0.2) is 41.4 Å². The van der Waals surface area contributed by atoms with E-state index in [0.29, 0.717) is 5.71 Å².